The van der Waals surface area contributed by atoms with Crippen LogP contribution in [-0.4, -0.2) is 56.1 Å². The third kappa shape index (κ3) is 11.3. The van der Waals surface area contributed by atoms with E-state index in [1.165, 1.54) is 32.1 Å². The molecular weight excluding hydrogens is 588 g/mol. The third-order valence-electron chi connectivity index (χ3n) is 8.28. The summed E-state index contributed by atoms with van der Waals surface area (Å²) in [5.74, 6) is -0.664. The zero-order valence-corrected chi connectivity index (χ0v) is 26.4. The first-order valence-electron chi connectivity index (χ1n) is 15.4. The summed E-state index contributed by atoms with van der Waals surface area (Å²) in [4.78, 5) is 25.3. The summed E-state index contributed by atoms with van der Waals surface area (Å²) < 4.78 is 29.4. The van der Waals surface area contributed by atoms with Gasteiger partial charge in [-0.2, -0.15) is 0 Å². The molecule has 1 saturated carbocycles. The maximum atomic E-state index is 13.5. The second-order valence-corrected chi connectivity index (χ2v) is 14.2. The molecule has 8 nitrogen and oxygen atoms in total. The lowest BCUT2D eigenvalue weighted by Gasteiger charge is -2.27. The number of amides is 1. The van der Waals surface area contributed by atoms with Crippen LogP contribution in [0.5, 0.6) is 5.75 Å². The summed E-state index contributed by atoms with van der Waals surface area (Å²) in [6.07, 6.45) is 8.20. The number of aryl methyl sites for hydroxylation is 1. The minimum absolute atomic E-state index is 0. The zero-order chi connectivity index (χ0) is 31.5. The fourth-order valence-electron chi connectivity index (χ4n) is 5.83. The Labute approximate surface area is 268 Å². The van der Waals surface area contributed by atoms with E-state index in [0.717, 1.165) is 35.1 Å². The van der Waals surface area contributed by atoms with Crippen molar-refractivity contribution < 1.29 is 27.9 Å². The number of hydrogen-bond donors (Lipinski definition) is 3. The fourth-order valence-corrected chi connectivity index (χ4v) is 6.50. The van der Waals surface area contributed by atoms with Crippen LogP contribution in [0.2, 0.25) is 0 Å². The fraction of sp³-hybridized carbons (Fsp3) is 0.444. The summed E-state index contributed by atoms with van der Waals surface area (Å²) in [5, 5.41) is 15.9. The normalized spacial score (nSPS) is 15.0. The highest BCUT2D eigenvalue weighted by molar-refractivity contribution is 7.90. The van der Waals surface area contributed by atoms with E-state index in [0.29, 0.717) is 30.2 Å². The molecule has 0 heterocycles. The number of sulfone groups is 1. The number of carboxylic acid groups (broad SMARTS) is 1. The van der Waals surface area contributed by atoms with Gasteiger partial charge in [0.15, 0.2) is 0 Å². The Balaban J connectivity index is 0.00000552. The predicted molar refractivity (Wildman–Crippen MR) is 180 cm³/mol. The Kier molecular flexibility index (Phi) is 13.6. The molecule has 0 unspecified atom stereocenters. The van der Waals surface area contributed by atoms with E-state index in [2.05, 4.69) is 10.6 Å². The zero-order valence-electron chi connectivity index (χ0n) is 25.6. The van der Waals surface area contributed by atoms with Crippen LogP contribution in [0.3, 0.4) is 0 Å². The number of benzene rings is 3. The number of ether oxygens (including phenoxy) is 1. The quantitative estimate of drug-likeness (QED) is 0.176. The standard InChI is InChI=1S/C35H44N2O6S.CH4/c1-25-11-9-10-16-30(25)32-22-27(17-18-31(32)34(38)37-33(35(39)40)19-20-44(2,41)42)23-36-28(21-26-12-5-3-6-13-26)24-43-29-14-7-4-8-15-29;/h4,7-11,14-18,22,26,28,33,36H,3,5-6,12-13,19-21,23-24H2,1-2H3,(H,37,38)(H,39,40);1H4/t28-,33+;/m1./s1. The molecule has 244 valence electrons. The highest BCUT2D eigenvalue weighted by atomic mass is 32.2. The maximum absolute atomic E-state index is 13.5. The molecule has 1 aliphatic rings. The first-order valence-corrected chi connectivity index (χ1v) is 17.5. The topological polar surface area (TPSA) is 122 Å². The number of rotatable bonds is 15. The molecule has 1 aliphatic carbocycles. The first kappa shape index (κ1) is 35.8. The van der Waals surface area contributed by atoms with Crippen molar-refractivity contribution in [3.8, 4) is 16.9 Å². The summed E-state index contributed by atoms with van der Waals surface area (Å²) in [6.45, 7) is 3.09. The van der Waals surface area contributed by atoms with Gasteiger partial charge in [-0.3, -0.25) is 4.79 Å². The van der Waals surface area contributed by atoms with Crippen molar-refractivity contribution >= 4 is 21.7 Å². The highest BCUT2D eigenvalue weighted by Crippen LogP contribution is 2.30. The van der Waals surface area contributed by atoms with Crippen LogP contribution in [0, 0.1) is 12.8 Å². The first-order chi connectivity index (χ1) is 21.1. The molecule has 45 heavy (non-hydrogen) atoms. The number of nitrogens with one attached hydrogen (secondary N) is 2. The van der Waals surface area contributed by atoms with Crippen LogP contribution in [0.4, 0.5) is 0 Å². The summed E-state index contributed by atoms with van der Waals surface area (Å²) in [5.41, 5.74) is 3.86. The number of carboxylic acids is 1. The second kappa shape index (κ2) is 17.1. The molecule has 0 bridgehead atoms. The van der Waals surface area contributed by atoms with Crippen LogP contribution in [0.25, 0.3) is 11.1 Å². The Morgan fingerprint density at radius 1 is 0.956 bits per heavy atom. The van der Waals surface area contributed by atoms with Crippen LogP contribution >= 0.6 is 0 Å². The highest BCUT2D eigenvalue weighted by Gasteiger charge is 2.25. The van der Waals surface area contributed by atoms with Gasteiger partial charge in [0.05, 0.1) is 5.75 Å². The molecule has 9 heteroatoms. The van der Waals surface area contributed by atoms with Gasteiger partial charge >= 0.3 is 5.97 Å². The largest absolute Gasteiger partial charge is 0.492 e. The Bertz CT molecular complexity index is 1500. The number of para-hydroxylation sites is 1. The molecule has 0 spiro atoms. The molecule has 0 aliphatic heterocycles. The van der Waals surface area contributed by atoms with Crippen molar-refractivity contribution in [2.45, 2.75) is 77.9 Å². The van der Waals surface area contributed by atoms with Crippen molar-refractivity contribution in [1.82, 2.24) is 10.6 Å². The molecule has 1 amide bonds. The molecule has 4 rings (SSSR count). The average molecular weight is 637 g/mol. The van der Waals surface area contributed by atoms with E-state index in [-0.39, 0.29) is 25.6 Å². The van der Waals surface area contributed by atoms with E-state index in [1.54, 1.807) is 6.07 Å². The van der Waals surface area contributed by atoms with Crippen molar-refractivity contribution in [3.63, 3.8) is 0 Å². The number of carbonyl (C=O) groups is 2. The van der Waals surface area contributed by atoms with E-state index < -0.39 is 27.8 Å². The van der Waals surface area contributed by atoms with Gasteiger partial charge < -0.3 is 20.5 Å². The van der Waals surface area contributed by atoms with Gasteiger partial charge in [0.2, 0.25) is 0 Å². The lowest BCUT2D eigenvalue weighted by Crippen LogP contribution is -2.42. The lowest BCUT2D eigenvalue weighted by atomic mass is 9.85. The van der Waals surface area contributed by atoms with Crippen LogP contribution < -0.4 is 15.4 Å². The van der Waals surface area contributed by atoms with Crippen LogP contribution in [-0.2, 0) is 21.2 Å². The van der Waals surface area contributed by atoms with E-state index in [9.17, 15) is 23.1 Å². The lowest BCUT2D eigenvalue weighted by molar-refractivity contribution is -0.139. The molecule has 0 radical (unpaired) electrons. The minimum Gasteiger partial charge on any atom is -0.492 e. The van der Waals surface area contributed by atoms with Gasteiger partial charge in [0, 0.05) is 24.4 Å². The number of aliphatic carboxylic acids is 1. The molecule has 3 aromatic carbocycles. The van der Waals surface area contributed by atoms with Crippen molar-refractivity contribution in [2.75, 3.05) is 18.6 Å². The molecule has 2 atom stereocenters. The second-order valence-electron chi connectivity index (χ2n) is 11.9. The van der Waals surface area contributed by atoms with Gasteiger partial charge in [-0.25, -0.2) is 13.2 Å². The molecule has 0 aromatic heterocycles. The van der Waals surface area contributed by atoms with Gasteiger partial charge in [-0.1, -0.05) is 88.1 Å². The number of hydrogen-bond acceptors (Lipinski definition) is 6. The Hall–Kier alpha value is -3.69. The SMILES string of the molecule is C.Cc1ccccc1-c1cc(CN[C@@H](COc2ccccc2)CC2CCCCC2)ccc1C(=O)N[C@@H](CCS(C)(=O)=O)C(=O)O. The predicted octanol–water partition coefficient (Wildman–Crippen LogP) is 6.42. The Morgan fingerprint density at radius 2 is 1.64 bits per heavy atom. The van der Waals surface area contributed by atoms with Crippen LogP contribution in [0.1, 0.15) is 73.9 Å². The summed E-state index contributed by atoms with van der Waals surface area (Å²) in [6, 6.07) is 22.0. The smallest absolute Gasteiger partial charge is 0.326 e. The van der Waals surface area contributed by atoms with E-state index in [1.807, 2.05) is 73.7 Å². The summed E-state index contributed by atoms with van der Waals surface area (Å²) in [7, 11) is -3.39. The van der Waals surface area contributed by atoms with E-state index in [4.69, 9.17) is 4.74 Å². The minimum atomic E-state index is -3.39. The molecule has 1 fully saturated rings. The third-order valence-corrected chi connectivity index (χ3v) is 9.25. The maximum Gasteiger partial charge on any atom is 0.326 e. The average Bonchev–Trinajstić information content (AvgIpc) is 3.01. The van der Waals surface area contributed by atoms with Gasteiger partial charge in [0.25, 0.3) is 5.91 Å². The molecule has 0 saturated heterocycles. The molecule has 3 N–H and O–H groups in total. The van der Waals surface area contributed by atoms with Crippen molar-refractivity contribution in [1.29, 1.82) is 0 Å². The van der Waals surface area contributed by atoms with Crippen molar-refractivity contribution in [2.24, 2.45) is 5.92 Å². The van der Waals surface area contributed by atoms with Gasteiger partial charge in [-0.05, 0) is 72.2 Å². The monoisotopic (exact) mass is 636 g/mol. The van der Waals surface area contributed by atoms with Gasteiger partial charge in [0.1, 0.15) is 28.2 Å². The van der Waals surface area contributed by atoms with Gasteiger partial charge in [-0.15, -0.1) is 0 Å². The number of carbonyl (C=O) groups excluding carboxylic acids is 1. The van der Waals surface area contributed by atoms with Crippen LogP contribution in [0.15, 0.2) is 72.8 Å². The van der Waals surface area contributed by atoms with Crippen molar-refractivity contribution in [3.05, 3.63) is 89.5 Å². The molecule has 3 aromatic rings. The summed E-state index contributed by atoms with van der Waals surface area (Å²) >= 11 is 0. The van der Waals surface area contributed by atoms with E-state index >= 15 is 0 Å². The molecular formula is C36H48N2O6S. The Morgan fingerprint density at radius 3 is 2.31 bits per heavy atom.